The van der Waals surface area contributed by atoms with Gasteiger partial charge >= 0.3 is 0 Å². The Balaban J connectivity index is 3.13. The lowest BCUT2D eigenvalue weighted by Crippen LogP contribution is -1.65. The molecule has 8 heavy (non-hydrogen) atoms. The van der Waals surface area contributed by atoms with Crippen molar-refractivity contribution in [1.29, 1.82) is 0 Å². The molecule has 1 aromatic carbocycles. The molecule has 0 aliphatic carbocycles. The third-order valence-electron chi connectivity index (χ3n) is 0.705. The van der Waals surface area contributed by atoms with Crippen molar-refractivity contribution in [3.8, 4) is 0 Å². The fourth-order valence-electron chi connectivity index (χ4n) is 0.353. The molecule has 1 rings (SSSR count). The van der Waals surface area contributed by atoms with Crippen molar-refractivity contribution in [2.24, 2.45) is 0 Å². The zero-order valence-electron chi connectivity index (χ0n) is 3.91. The van der Waals surface area contributed by atoms with E-state index in [9.17, 15) is 0 Å². The zero-order chi connectivity index (χ0) is 5.98. The van der Waals surface area contributed by atoms with Crippen molar-refractivity contribution in [3.63, 3.8) is 0 Å². The van der Waals surface area contributed by atoms with Crippen LogP contribution in [0.2, 0.25) is 5.02 Å². The van der Waals surface area contributed by atoms with Crippen molar-refractivity contribution < 1.29 is 0 Å². The molecule has 0 unspecified atom stereocenters. The Morgan fingerprint density at radius 1 is 1.62 bits per heavy atom. The standard InChI is InChI=1S/C6H2ClI/c7-5-3-1-2-4-6(5)8/h2,4H. The highest BCUT2D eigenvalue weighted by molar-refractivity contribution is 14.1. The molecule has 0 saturated heterocycles. The topological polar surface area (TPSA) is 0 Å². The van der Waals surface area contributed by atoms with Gasteiger partial charge in [0.25, 0.3) is 0 Å². The minimum Gasteiger partial charge on any atom is -0.0732 e. The second kappa shape index (κ2) is 2.56. The van der Waals surface area contributed by atoms with Gasteiger partial charge in [0.2, 0.25) is 0 Å². The molecule has 0 spiro atoms. The molecule has 0 fully saturated rings. The fourth-order valence-corrected chi connectivity index (χ4v) is 0.785. The molecule has 0 amide bonds. The Kier molecular flexibility index (Phi) is 1.98. The lowest BCUT2D eigenvalue weighted by atomic mass is 10.4. The highest BCUT2D eigenvalue weighted by Gasteiger charge is 1.87. The van der Waals surface area contributed by atoms with Crippen LogP contribution < -0.4 is 0 Å². The van der Waals surface area contributed by atoms with Crippen LogP contribution in [0.15, 0.2) is 12.1 Å². The van der Waals surface area contributed by atoms with Gasteiger partial charge in [-0.25, -0.2) is 0 Å². The van der Waals surface area contributed by atoms with Gasteiger partial charge in [-0.2, -0.15) is 0 Å². The van der Waals surface area contributed by atoms with E-state index in [1.807, 2.05) is 6.07 Å². The smallest absolute Gasteiger partial charge is 0.0732 e. The zero-order valence-corrected chi connectivity index (χ0v) is 6.82. The molecule has 40 valence electrons. The average molecular weight is 236 g/mol. The molecule has 0 atom stereocenters. The van der Waals surface area contributed by atoms with E-state index in [4.69, 9.17) is 11.6 Å². The third-order valence-corrected chi connectivity index (χ3v) is 2.22. The number of hydrogen-bond donors (Lipinski definition) is 0. The van der Waals surface area contributed by atoms with Gasteiger partial charge < -0.3 is 0 Å². The molecule has 0 heterocycles. The fraction of sp³-hybridized carbons (Fsp3) is 0. The lowest BCUT2D eigenvalue weighted by molar-refractivity contribution is 1.68. The maximum Gasteiger partial charge on any atom is 0.104 e. The van der Waals surface area contributed by atoms with Crippen LogP contribution in [0.25, 0.3) is 0 Å². The second-order valence-corrected chi connectivity index (χ2v) is 2.80. The number of hydrogen-bond acceptors (Lipinski definition) is 0. The molecule has 0 aliphatic heterocycles. The van der Waals surface area contributed by atoms with Crippen LogP contribution in [-0.4, -0.2) is 0 Å². The minimum absolute atomic E-state index is 0.646. The normalized spacial score (nSPS) is 8.25. The average Bonchev–Trinajstić information content (AvgIpc) is 1.77. The molecule has 0 bridgehead atoms. The molecular formula is C6H2ClI. The summed E-state index contributed by atoms with van der Waals surface area (Å²) in [4.78, 5) is 0. The molecular weight excluding hydrogens is 234 g/mol. The highest BCUT2D eigenvalue weighted by Crippen LogP contribution is 2.12. The summed E-state index contributed by atoms with van der Waals surface area (Å²) in [6.07, 6.45) is 0. The first kappa shape index (κ1) is 6.18. The van der Waals surface area contributed by atoms with Gasteiger partial charge in [0.05, 0.1) is 0 Å². The van der Waals surface area contributed by atoms with Crippen LogP contribution in [0.5, 0.6) is 0 Å². The largest absolute Gasteiger partial charge is 0.104 e. The summed E-state index contributed by atoms with van der Waals surface area (Å²) in [5.41, 5.74) is 0. The molecule has 0 N–H and O–H groups in total. The Labute approximate surface area is 67.0 Å². The summed E-state index contributed by atoms with van der Waals surface area (Å²) in [5.74, 6) is 0. The first-order valence-corrected chi connectivity index (χ1v) is 3.50. The number of rotatable bonds is 0. The van der Waals surface area contributed by atoms with Crippen molar-refractivity contribution in [2.45, 2.75) is 0 Å². The van der Waals surface area contributed by atoms with Crippen LogP contribution in [-0.2, 0) is 0 Å². The number of halogens is 2. The van der Waals surface area contributed by atoms with E-state index in [1.54, 1.807) is 6.07 Å². The van der Waals surface area contributed by atoms with E-state index in [-0.39, 0.29) is 0 Å². The van der Waals surface area contributed by atoms with Crippen molar-refractivity contribution in [1.82, 2.24) is 0 Å². The minimum atomic E-state index is 0.646. The highest BCUT2D eigenvalue weighted by atomic mass is 127. The van der Waals surface area contributed by atoms with E-state index < -0.39 is 0 Å². The van der Waals surface area contributed by atoms with E-state index in [2.05, 4.69) is 34.7 Å². The maximum atomic E-state index is 5.61. The van der Waals surface area contributed by atoms with Gasteiger partial charge in [-0.15, -0.1) is 0 Å². The predicted octanol–water partition coefficient (Wildman–Crippen LogP) is 2.54. The van der Waals surface area contributed by atoms with Crippen molar-refractivity contribution in [2.75, 3.05) is 0 Å². The second-order valence-electron chi connectivity index (χ2n) is 1.26. The first-order valence-electron chi connectivity index (χ1n) is 2.04. The van der Waals surface area contributed by atoms with E-state index in [0.717, 1.165) is 3.57 Å². The molecule has 0 saturated carbocycles. The van der Waals surface area contributed by atoms with Gasteiger partial charge in [0.1, 0.15) is 5.02 Å². The quantitative estimate of drug-likeness (QED) is 0.607. The van der Waals surface area contributed by atoms with Gasteiger partial charge in [-0.3, -0.25) is 0 Å². The summed E-state index contributed by atoms with van der Waals surface area (Å²) in [6.45, 7) is 0. The van der Waals surface area contributed by atoms with Crippen LogP contribution in [0.1, 0.15) is 0 Å². The van der Waals surface area contributed by atoms with Crippen LogP contribution >= 0.6 is 34.2 Å². The van der Waals surface area contributed by atoms with E-state index >= 15 is 0 Å². The summed E-state index contributed by atoms with van der Waals surface area (Å²) in [5, 5.41) is 0.646. The Bertz CT molecular complexity index is 165. The van der Waals surface area contributed by atoms with Crippen molar-refractivity contribution in [3.05, 3.63) is 32.9 Å². The molecule has 0 radical (unpaired) electrons. The Hall–Kier alpha value is 0.0600. The third kappa shape index (κ3) is 1.27. The summed E-state index contributed by atoms with van der Waals surface area (Å²) < 4.78 is 1.02. The molecule has 0 nitrogen and oxygen atoms in total. The van der Waals surface area contributed by atoms with Crippen LogP contribution in [0, 0.1) is 15.7 Å². The van der Waals surface area contributed by atoms with E-state index in [1.165, 1.54) is 0 Å². The molecule has 0 aliphatic rings. The maximum absolute atomic E-state index is 5.61. The SMILES string of the molecule is Clc1c#cccc1I. The Morgan fingerprint density at radius 2 is 2.38 bits per heavy atom. The summed E-state index contributed by atoms with van der Waals surface area (Å²) >= 11 is 7.76. The summed E-state index contributed by atoms with van der Waals surface area (Å²) in [7, 11) is 0. The van der Waals surface area contributed by atoms with Gasteiger partial charge in [0.15, 0.2) is 0 Å². The lowest BCUT2D eigenvalue weighted by Gasteiger charge is -1.83. The van der Waals surface area contributed by atoms with Crippen molar-refractivity contribution >= 4 is 34.2 Å². The predicted molar refractivity (Wildman–Crippen MR) is 41.8 cm³/mol. The van der Waals surface area contributed by atoms with Gasteiger partial charge in [0, 0.05) is 3.57 Å². The van der Waals surface area contributed by atoms with Gasteiger partial charge in [-0.1, -0.05) is 17.7 Å². The monoisotopic (exact) mass is 236 g/mol. The van der Waals surface area contributed by atoms with E-state index in [0.29, 0.717) is 5.02 Å². The summed E-state index contributed by atoms with van der Waals surface area (Å²) in [6, 6.07) is 9.15. The first-order chi connectivity index (χ1) is 3.80. The Morgan fingerprint density at radius 3 is 2.75 bits per heavy atom. The van der Waals surface area contributed by atoms with Crippen LogP contribution in [0.3, 0.4) is 0 Å². The molecule has 1 aromatic rings. The molecule has 0 aromatic heterocycles. The van der Waals surface area contributed by atoms with Gasteiger partial charge in [-0.05, 0) is 40.8 Å². The molecule has 2 heteroatoms. The van der Waals surface area contributed by atoms with Crippen LogP contribution in [0.4, 0.5) is 0 Å².